The summed E-state index contributed by atoms with van der Waals surface area (Å²) < 4.78 is 4.29. The normalized spacial score (nSPS) is 20.4. The van der Waals surface area contributed by atoms with E-state index in [4.69, 9.17) is 39.5 Å². The van der Waals surface area contributed by atoms with Crippen LogP contribution < -0.4 is 5.32 Å². The highest BCUT2D eigenvalue weighted by molar-refractivity contribution is 7.15. The minimum absolute atomic E-state index is 0.293. The zero-order valence-electron chi connectivity index (χ0n) is 14.9. The Balaban J connectivity index is 1.97. The van der Waals surface area contributed by atoms with Gasteiger partial charge < -0.3 is 10.1 Å². The third kappa shape index (κ3) is 3.97. The number of carbonyl (C=O) groups excluding carboxylic acids is 2. The minimum Gasteiger partial charge on any atom is -0.459 e. The van der Waals surface area contributed by atoms with Gasteiger partial charge in [-0.1, -0.05) is 23.7 Å². The first-order chi connectivity index (χ1) is 12.5. The molecule has 1 unspecified atom stereocenters. The van der Waals surface area contributed by atoms with Crippen molar-refractivity contribution in [1.29, 1.82) is 0 Å². The van der Waals surface area contributed by atoms with Crippen molar-refractivity contribution < 1.29 is 14.3 Å². The molecule has 1 aliphatic carbocycles. The molecule has 1 amide bonds. The van der Waals surface area contributed by atoms with Crippen molar-refractivity contribution in [3.63, 3.8) is 0 Å². The second-order valence-electron chi connectivity index (χ2n) is 6.98. The van der Waals surface area contributed by atoms with Gasteiger partial charge in [0.15, 0.2) is 0 Å². The number of amides is 1. The van der Waals surface area contributed by atoms with Crippen LogP contribution in [-0.2, 0) is 9.53 Å². The number of ether oxygens (including phenoxy) is 1. The molecule has 0 radical (unpaired) electrons. The van der Waals surface area contributed by atoms with Crippen LogP contribution in [0.3, 0.4) is 0 Å². The number of anilines is 1. The van der Waals surface area contributed by atoms with Crippen molar-refractivity contribution in [2.75, 3.05) is 5.32 Å². The van der Waals surface area contributed by atoms with Crippen molar-refractivity contribution in [3.05, 3.63) is 40.2 Å². The van der Waals surface area contributed by atoms with Gasteiger partial charge in [0.1, 0.15) is 14.9 Å². The smallest absolute Gasteiger partial charge is 0.342 e. The van der Waals surface area contributed by atoms with Crippen LogP contribution in [-0.4, -0.2) is 22.3 Å². The Morgan fingerprint density at radius 1 is 1.22 bits per heavy atom. The Morgan fingerprint density at radius 2 is 1.81 bits per heavy atom. The molecule has 1 atom stereocenters. The quantitative estimate of drug-likeness (QED) is 0.442. The molecule has 0 spiro atoms. The van der Waals surface area contributed by atoms with Gasteiger partial charge in [-0.05, 0) is 44.9 Å². The van der Waals surface area contributed by atoms with Crippen LogP contribution in [0.25, 0.3) is 11.1 Å². The van der Waals surface area contributed by atoms with Crippen LogP contribution >= 0.6 is 46.1 Å². The van der Waals surface area contributed by atoms with Crippen LogP contribution in [0, 0.1) is 5.41 Å². The molecule has 1 aliphatic rings. The highest BCUT2D eigenvalue weighted by Crippen LogP contribution is 2.64. The lowest BCUT2D eigenvalue weighted by atomic mass is 10.0. The molecule has 144 valence electrons. The molecule has 27 heavy (non-hydrogen) atoms. The fraction of sp³-hybridized carbons (Fsp3) is 0.368. The van der Waals surface area contributed by atoms with Crippen LogP contribution in [0.5, 0.6) is 0 Å². The van der Waals surface area contributed by atoms with E-state index >= 15 is 0 Å². The number of carbonyl (C=O) groups is 2. The second kappa shape index (κ2) is 7.28. The predicted octanol–water partition coefficient (Wildman–Crippen LogP) is 6.16. The molecular weight excluding hydrogens is 429 g/mol. The first kappa shape index (κ1) is 20.5. The number of hydrogen-bond acceptors (Lipinski definition) is 4. The molecule has 2 aromatic rings. The van der Waals surface area contributed by atoms with Crippen molar-refractivity contribution in [2.45, 2.75) is 37.6 Å². The Morgan fingerprint density at radius 3 is 2.33 bits per heavy atom. The van der Waals surface area contributed by atoms with Crippen LogP contribution in [0.2, 0.25) is 5.02 Å². The van der Waals surface area contributed by atoms with Gasteiger partial charge in [0.2, 0.25) is 5.91 Å². The number of rotatable bonds is 5. The van der Waals surface area contributed by atoms with E-state index in [-0.39, 0.29) is 12.0 Å². The highest BCUT2D eigenvalue weighted by Gasteiger charge is 2.68. The molecule has 4 nitrogen and oxygen atoms in total. The van der Waals surface area contributed by atoms with E-state index < -0.39 is 15.7 Å². The first-order valence-corrected chi connectivity index (χ1v) is 10.3. The number of alkyl halides is 2. The lowest BCUT2D eigenvalue weighted by Crippen LogP contribution is -2.26. The van der Waals surface area contributed by atoms with Gasteiger partial charge in [-0.25, -0.2) is 4.79 Å². The van der Waals surface area contributed by atoms with Gasteiger partial charge >= 0.3 is 5.97 Å². The standard InChI is InChI=1S/C19H18Cl3NO3S/c1-10(2)26-16(24)14-13(11-4-6-12(20)7-5-11)8-27-15(14)23-17(25)18(3)9-19(18,21)22/h4-8,10H,9H2,1-3H3,(H,23,25). The lowest BCUT2D eigenvalue weighted by Gasteiger charge is -2.14. The van der Waals surface area contributed by atoms with Gasteiger partial charge in [-0.15, -0.1) is 34.5 Å². The maximum absolute atomic E-state index is 12.7. The molecule has 3 rings (SSSR count). The first-order valence-electron chi connectivity index (χ1n) is 8.33. The number of halogens is 3. The van der Waals surface area contributed by atoms with Crippen molar-refractivity contribution in [1.82, 2.24) is 0 Å². The predicted molar refractivity (Wildman–Crippen MR) is 111 cm³/mol. The molecule has 0 saturated heterocycles. The van der Waals surface area contributed by atoms with E-state index in [1.165, 1.54) is 11.3 Å². The van der Waals surface area contributed by atoms with Gasteiger partial charge in [-0.2, -0.15) is 0 Å². The monoisotopic (exact) mass is 445 g/mol. The van der Waals surface area contributed by atoms with Gasteiger partial charge in [0.05, 0.1) is 11.5 Å². The summed E-state index contributed by atoms with van der Waals surface area (Å²) in [5, 5.41) is 5.62. The third-order valence-electron chi connectivity index (χ3n) is 4.48. The Kier molecular flexibility index (Phi) is 5.52. The molecule has 0 aliphatic heterocycles. The highest BCUT2D eigenvalue weighted by atomic mass is 35.5. The number of benzene rings is 1. The molecule has 8 heteroatoms. The fourth-order valence-electron chi connectivity index (χ4n) is 2.65. The SMILES string of the molecule is CC(C)OC(=O)c1c(-c2ccc(Cl)cc2)csc1NC(=O)C1(C)CC1(Cl)Cl. The molecule has 1 N–H and O–H groups in total. The van der Waals surface area contributed by atoms with Crippen LogP contribution in [0.1, 0.15) is 37.6 Å². The molecular formula is C19H18Cl3NO3S. The summed E-state index contributed by atoms with van der Waals surface area (Å²) in [6.07, 6.45) is 0.0640. The number of hydrogen-bond donors (Lipinski definition) is 1. The summed E-state index contributed by atoms with van der Waals surface area (Å²) in [7, 11) is 0. The maximum Gasteiger partial charge on any atom is 0.342 e. The summed E-state index contributed by atoms with van der Waals surface area (Å²) in [5.74, 6) is -0.828. The molecule has 1 heterocycles. The Bertz CT molecular complexity index is 892. The molecule has 1 aromatic heterocycles. The van der Waals surface area contributed by atoms with Gasteiger partial charge in [0, 0.05) is 16.0 Å². The maximum atomic E-state index is 12.7. The third-order valence-corrected chi connectivity index (χ3v) is 6.73. The van der Waals surface area contributed by atoms with Gasteiger partial charge in [-0.3, -0.25) is 4.79 Å². The van der Waals surface area contributed by atoms with Gasteiger partial charge in [0.25, 0.3) is 0 Å². The topological polar surface area (TPSA) is 55.4 Å². The number of esters is 1. The van der Waals surface area contributed by atoms with Crippen molar-refractivity contribution >= 4 is 63.0 Å². The van der Waals surface area contributed by atoms with E-state index in [1.54, 1.807) is 38.3 Å². The van der Waals surface area contributed by atoms with E-state index in [2.05, 4.69) is 5.32 Å². The molecule has 1 aromatic carbocycles. The summed E-state index contributed by atoms with van der Waals surface area (Å²) in [5.41, 5.74) is 0.887. The zero-order valence-corrected chi connectivity index (χ0v) is 18.0. The van der Waals surface area contributed by atoms with Crippen LogP contribution in [0.15, 0.2) is 29.6 Å². The average Bonchev–Trinajstić information content (AvgIpc) is 2.91. The van der Waals surface area contributed by atoms with E-state index in [0.29, 0.717) is 27.6 Å². The van der Waals surface area contributed by atoms with E-state index in [9.17, 15) is 9.59 Å². The molecule has 1 saturated carbocycles. The average molecular weight is 447 g/mol. The largest absolute Gasteiger partial charge is 0.459 e. The van der Waals surface area contributed by atoms with E-state index in [1.807, 2.05) is 12.1 Å². The van der Waals surface area contributed by atoms with E-state index in [0.717, 1.165) is 5.56 Å². The second-order valence-corrected chi connectivity index (χ2v) is 9.78. The summed E-state index contributed by atoms with van der Waals surface area (Å²) in [4.78, 5) is 25.4. The Hall–Kier alpha value is -1.27. The number of nitrogens with one attached hydrogen (secondary N) is 1. The summed E-state index contributed by atoms with van der Waals surface area (Å²) in [6, 6.07) is 7.11. The fourth-order valence-corrected chi connectivity index (χ4v) is 4.44. The summed E-state index contributed by atoms with van der Waals surface area (Å²) in [6.45, 7) is 5.23. The Labute approximate surface area is 176 Å². The van der Waals surface area contributed by atoms with Crippen molar-refractivity contribution in [2.24, 2.45) is 5.41 Å². The summed E-state index contributed by atoms with van der Waals surface area (Å²) >= 11 is 19.4. The van der Waals surface area contributed by atoms with Crippen molar-refractivity contribution in [3.8, 4) is 11.1 Å². The lowest BCUT2D eigenvalue weighted by molar-refractivity contribution is -0.120. The molecule has 1 fully saturated rings. The minimum atomic E-state index is -1.09. The number of thiophene rings is 1. The molecule has 0 bridgehead atoms. The zero-order chi connectivity index (χ0) is 20.0. The van der Waals surface area contributed by atoms with Crippen LogP contribution in [0.4, 0.5) is 5.00 Å².